The van der Waals surface area contributed by atoms with Gasteiger partial charge in [-0.25, -0.2) is 0 Å². The smallest absolute Gasteiger partial charge is 0.207 e. The molecule has 0 bridgehead atoms. The monoisotopic (exact) mass is 209 g/mol. The molecule has 3 nitrogen and oxygen atoms in total. The van der Waals surface area contributed by atoms with Crippen molar-refractivity contribution in [2.75, 3.05) is 20.8 Å². The highest BCUT2D eigenvalue weighted by Gasteiger charge is 2.30. The molecule has 0 aliphatic carbocycles. The predicted molar refractivity (Wildman–Crippen MR) is 60.7 cm³/mol. The lowest BCUT2D eigenvalue weighted by atomic mass is 10.00. The Hall–Kier alpha value is -0.900. The van der Waals surface area contributed by atoms with Crippen molar-refractivity contribution in [3.05, 3.63) is 34.9 Å². The molecule has 0 amide bonds. The fraction of sp³-hybridized carbons (Fsp3) is 0.500. The summed E-state index contributed by atoms with van der Waals surface area (Å²) < 4.78 is 10.7. The van der Waals surface area contributed by atoms with Crippen LogP contribution >= 0.6 is 0 Å². The van der Waals surface area contributed by atoms with Crippen LogP contribution in [0.5, 0.6) is 0 Å². The van der Waals surface area contributed by atoms with Crippen molar-refractivity contribution in [1.82, 2.24) is 0 Å². The average Bonchev–Trinajstić information content (AvgIpc) is 2.26. The maximum absolute atomic E-state index is 5.70. The predicted octanol–water partition coefficient (Wildman–Crippen LogP) is 1.71. The standard InChI is InChI=1S/C12H19NO2/c1-9-5-6-11(7-10(9)2)12(8-13,14-3)15-4/h5-7H,8,13H2,1-4H3. The summed E-state index contributed by atoms with van der Waals surface area (Å²) in [4.78, 5) is 0. The molecule has 84 valence electrons. The number of methoxy groups -OCH3 is 2. The summed E-state index contributed by atoms with van der Waals surface area (Å²) in [5.74, 6) is -0.821. The van der Waals surface area contributed by atoms with Crippen LogP contribution < -0.4 is 5.73 Å². The van der Waals surface area contributed by atoms with E-state index in [4.69, 9.17) is 15.2 Å². The van der Waals surface area contributed by atoms with Crippen LogP contribution in [0.2, 0.25) is 0 Å². The lowest BCUT2D eigenvalue weighted by Gasteiger charge is -2.30. The molecule has 0 fully saturated rings. The highest BCUT2D eigenvalue weighted by Crippen LogP contribution is 2.26. The van der Waals surface area contributed by atoms with Gasteiger partial charge in [0, 0.05) is 19.8 Å². The van der Waals surface area contributed by atoms with Crippen molar-refractivity contribution in [1.29, 1.82) is 0 Å². The van der Waals surface area contributed by atoms with Crippen molar-refractivity contribution in [2.24, 2.45) is 5.73 Å². The number of hydrogen-bond donors (Lipinski definition) is 1. The zero-order valence-electron chi connectivity index (χ0n) is 9.83. The van der Waals surface area contributed by atoms with Crippen LogP contribution in [0.25, 0.3) is 0 Å². The molecule has 0 atom stereocenters. The van der Waals surface area contributed by atoms with Gasteiger partial charge in [0.05, 0.1) is 6.54 Å². The van der Waals surface area contributed by atoms with Gasteiger partial charge in [-0.05, 0) is 25.0 Å². The van der Waals surface area contributed by atoms with Gasteiger partial charge in [0.1, 0.15) is 0 Å². The fourth-order valence-electron chi connectivity index (χ4n) is 1.58. The first-order valence-corrected chi connectivity index (χ1v) is 4.97. The second-order valence-corrected chi connectivity index (χ2v) is 3.66. The number of ether oxygens (including phenoxy) is 2. The van der Waals surface area contributed by atoms with E-state index >= 15 is 0 Å². The first kappa shape index (κ1) is 12.2. The highest BCUT2D eigenvalue weighted by atomic mass is 16.7. The van der Waals surface area contributed by atoms with E-state index in [1.54, 1.807) is 14.2 Å². The summed E-state index contributed by atoms with van der Waals surface area (Å²) in [6, 6.07) is 6.09. The molecule has 0 radical (unpaired) electrons. The van der Waals surface area contributed by atoms with Crippen LogP contribution in [0.15, 0.2) is 18.2 Å². The molecule has 1 rings (SSSR count). The van der Waals surface area contributed by atoms with Crippen LogP contribution in [0.4, 0.5) is 0 Å². The Morgan fingerprint density at radius 2 is 1.73 bits per heavy atom. The topological polar surface area (TPSA) is 44.5 Å². The van der Waals surface area contributed by atoms with E-state index in [1.165, 1.54) is 11.1 Å². The molecular formula is C12H19NO2. The van der Waals surface area contributed by atoms with E-state index in [0.717, 1.165) is 5.56 Å². The van der Waals surface area contributed by atoms with Gasteiger partial charge < -0.3 is 15.2 Å². The number of nitrogens with two attached hydrogens (primary N) is 1. The van der Waals surface area contributed by atoms with Crippen LogP contribution in [-0.4, -0.2) is 20.8 Å². The first-order valence-electron chi connectivity index (χ1n) is 4.97. The van der Waals surface area contributed by atoms with Gasteiger partial charge in [-0.2, -0.15) is 0 Å². The Balaban J connectivity index is 3.17. The Labute approximate surface area is 91.2 Å². The van der Waals surface area contributed by atoms with Gasteiger partial charge in [-0.15, -0.1) is 0 Å². The molecule has 0 aliphatic heterocycles. The molecule has 0 saturated heterocycles. The molecule has 0 spiro atoms. The minimum absolute atomic E-state index is 0.294. The molecule has 0 unspecified atom stereocenters. The molecule has 15 heavy (non-hydrogen) atoms. The van der Waals surface area contributed by atoms with E-state index in [1.807, 2.05) is 12.1 Å². The fourth-order valence-corrected chi connectivity index (χ4v) is 1.58. The third-order valence-electron chi connectivity index (χ3n) is 2.87. The van der Waals surface area contributed by atoms with Crippen molar-refractivity contribution in [2.45, 2.75) is 19.6 Å². The van der Waals surface area contributed by atoms with E-state index < -0.39 is 5.79 Å². The van der Waals surface area contributed by atoms with Crippen molar-refractivity contribution in [3.8, 4) is 0 Å². The van der Waals surface area contributed by atoms with Crippen LogP contribution in [0.3, 0.4) is 0 Å². The van der Waals surface area contributed by atoms with Crippen molar-refractivity contribution < 1.29 is 9.47 Å². The van der Waals surface area contributed by atoms with Gasteiger partial charge in [-0.3, -0.25) is 0 Å². The summed E-state index contributed by atoms with van der Waals surface area (Å²) in [6.45, 7) is 4.43. The minimum Gasteiger partial charge on any atom is -0.348 e. The van der Waals surface area contributed by atoms with Crippen LogP contribution in [0, 0.1) is 13.8 Å². The van der Waals surface area contributed by atoms with E-state index in [-0.39, 0.29) is 0 Å². The van der Waals surface area contributed by atoms with E-state index in [0.29, 0.717) is 6.54 Å². The van der Waals surface area contributed by atoms with Gasteiger partial charge in [-0.1, -0.05) is 18.2 Å². The molecule has 0 aliphatic rings. The lowest BCUT2D eigenvalue weighted by Crippen LogP contribution is -2.39. The summed E-state index contributed by atoms with van der Waals surface area (Å²) in [6.07, 6.45) is 0. The number of aryl methyl sites for hydroxylation is 2. The van der Waals surface area contributed by atoms with Gasteiger partial charge in [0.25, 0.3) is 0 Å². The third kappa shape index (κ3) is 2.20. The lowest BCUT2D eigenvalue weighted by molar-refractivity contribution is -0.207. The SMILES string of the molecule is COC(CN)(OC)c1ccc(C)c(C)c1. The van der Waals surface area contributed by atoms with Crippen LogP contribution in [-0.2, 0) is 15.3 Å². The highest BCUT2D eigenvalue weighted by molar-refractivity contribution is 5.32. The molecule has 3 heteroatoms. The summed E-state index contributed by atoms with van der Waals surface area (Å²) in [5.41, 5.74) is 9.11. The molecule has 0 heterocycles. The maximum atomic E-state index is 5.70. The molecular weight excluding hydrogens is 190 g/mol. The zero-order valence-corrected chi connectivity index (χ0v) is 9.83. The summed E-state index contributed by atoms with van der Waals surface area (Å²) in [5, 5.41) is 0. The maximum Gasteiger partial charge on any atom is 0.207 e. The number of rotatable bonds is 4. The molecule has 2 N–H and O–H groups in total. The number of hydrogen-bond acceptors (Lipinski definition) is 3. The molecule has 0 saturated carbocycles. The van der Waals surface area contributed by atoms with Crippen LogP contribution in [0.1, 0.15) is 16.7 Å². The van der Waals surface area contributed by atoms with E-state index in [9.17, 15) is 0 Å². The third-order valence-corrected chi connectivity index (χ3v) is 2.87. The van der Waals surface area contributed by atoms with E-state index in [2.05, 4.69) is 19.9 Å². The van der Waals surface area contributed by atoms with Gasteiger partial charge in [0.2, 0.25) is 5.79 Å². The van der Waals surface area contributed by atoms with Crippen molar-refractivity contribution in [3.63, 3.8) is 0 Å². The first-order chi connectivity index (χ1) is 7.09. The summed E-state index contributed by atoms with van der Waals surface area (Å²) in [7, 11) is 3.21. The Morgan fingerprint density at radius 1 is 1.13 bits per heavy atom. The van der Waals surface area contributed by atoms with Gasteiger partial charge >= 0.3 is 0 Å². The zero-order chi connectivity index (χ0) is 11.5. The normalized spacial score (nSPS) is 11.8. The quantitative estimate of drug-likeness (QED) is 0.768. The second-order valence-electron chi connectivity index (χ2n) is 3.66. The Kier molecular flexibility index (Phi) is 3.85. The molecule has 1 aromatic carbocycles. The average molecular weight is 209 g/mol. The Bertz CT molecular complexity index is 324. The minimum atomic E-state index is -0.821. The second kappa shape index (κ2) is 4.75. The Morgan fingerprint density at radius 3 is 2.13 bits per heavy atom. The summed E-state index contributed by atoms with van der Waals surface area (Å²) >= 11 is 0. The molecule has 0 aromatic heterocycles. The molecule has 1 aromatic rings. The largest absolute Gasteiger partial charge is 0.348 e. The van der Waals surface area contributed by atoms with Gasteiger partial charge in [0.15, 0.2) is 0 Å². The van der Waals surface area contributed by atoms with Crippen molar-refractivity contribution >= 4 is 0 Å². The number of benzene rings is 1.